The highest BCUT2D eigenvalue weighted by molar-refractivity contribution is 7.90. The monoisotopic (exact) mass is 322 g/mol. The lowest BCUT2D eigenvalue weighted by molar-refractivity contribution is -0.118. The van der Waals surface area contributed by atoms with Gasteiger partial charge in [-0.25, -0.2) is 13.4 Å². The fraction of sp³-hybridized carbons (Fsp3) is 0.333. The summed E-state index contributed by atoms with van der Waals surface area (Å²) in [6.07, 6.45) is 2.75. The molecular formula is C15H18N2O4S. The number of aryl methyl sites for hydroxylation is 1. The van der Waals surface area contributed by atoms with Gasteiger partial charge in [0.1, 0.15) is 9.84 Å². The van der Waals surface area contributed by atoms with Gasteiger partial charge in [-0.05, 0) is 24.3 Å². The molecule has 6 nitrogen and oxygen atoms in total. The van der Waals surface area contributed by atoms with E-state index in [1.807, 2.05) is 0 Å². The normalized spacial score (nSPS) is 12.9. The van der Waals surface area contributed by atoms with E-state index in [9.17, 15) is 13.2 Å². The SMILES string of the molecule is Cc1ncc(-c2ccc(NC(=O)[C@@H](C)CS(C)(=O)=O)cc2)o1. The number of carbonyl (C=O) groups is 1. The molecule has 0 saturated carbocycles. The summed E-state index contributed by atoms with van der Waals surface area (Å²) in [5.74, 6) is 0.136. The fourth-order valence-corrected chi connectivity index (χ4v) is 3.07. The van der Waals surface area contributed by atoms with Crippen molar-refractivity contribution in [2.75, 3.05) is 17.3 Å². The van der Waals surface area contributed by atoms with Crippen molar-refractivity contribution < 1.29 is 17.6 Å². The summed E-state index contributed by atoms with van der Waals surface area (Å²) in [6, 6.07) is 7.07. The summed E-state index contributed by atoms with van der Waals surface area (Å²) < 4.78 is 27.8. The summed E-state index contributed by atoms with van der Waals surface area (Å²) in [5, 5.41) is 2.70. The Balaban J connectivity index is 2.03. The number of amides is 1. The molecule has 0 aliphatic carbocycles. The lowest BCUT2D eigenvalue weighted by atomic mass is 10.1. The van der Waals surface area contributed by atoms with Crippen LogP contribution in [0.15, 0.2) is 34.9 Å². The number of hydrogen-bond acceptors (Lipinski definition) is 5. The number of benzene rings is 1. The molecule has 0 saturated heterocycles. The Morgan fingerprint density at radius 1 is 1.32 bits per heavy atom. The Morgan fingerprint density at radius 2 is 1.95 bits per heavy atom. The van der Waals surface area contributed by atoms with E-state index in [0.717, 1.165) is 11.8 Å². The lowest BCUT2D eigenvalue weighted by Crippen LogP contribution is -2.26. The van der Waals surface area contributed by atoms with E-state index in [0.29, 0.717) is 17.3 Å². The number of carbonyl (C=O) groups excluding carboxylic acids is 1. The van der Waals surface area contributed by atoms with Gasteiger partial charge in [-0.1, -0.05) is 6.92 Å². The summed E-state index contributed by atoms with van der Waals surface area (Å²) in [6.45, 7) is 3.35. The highest BCUT2D eigenvalue weighted by Crippen LogP contribution is 2.22. The molecule has 0 bridgehead atoms. The minimum Gasteiger partial charge on any atom is -0.441 e. The first-order valence-electron chi connectivity index (χ1n) is 6.76. The van der Waals surface area contributed by atoms with Gasteiger partial charge in [-0.2, -0.15) is 0 Å². The Labute approximate surface area is 129 Å². The van der Waals surface area contributed by atoms with E-state index in [4.69, 9.17) is 4.42 Å². The van der Waals surface area contributed by atoms with Crippen molar-refractivity contribution >= 4 is 21.4 Å². The van der Waals surface area contributed by atoms with Gasteiger partial charge in [-0.3, -0.25) is 4.79 Å². The predicted molar refractivity (Wildman–Crippen MR) is 84.2 cm³/mol. The van der Waals surface area contributed by atoms with Crippen LogP contribution in [-0.2, 0) is 14.6 Å². The van der Waals surface area contributed by atoms with Gasteiger partial charge in [0, 0.05) is 30.3 Å². The molecule has 0 fully saturated rings. The molecular weight excluding hydrogens is 304 g/mol. The fourth-order valence-electron chi connectivity index (χ4n) is 2.01. The largest absolute Gasteiger partial charge is 0.441 e. The highest BCUT2D eigenvalue weighted by atomic mass is 32.2. The predicted octanol–water partition coefficient (Wildman–Crippen LogP) is 2.27. The van der Waals surface area contributed by atoms with Gasteiger partial charge >= 0.3 is 0 Å². The van der Waals surface area contributed by atoms with Crippen LogP contribution in [-0.4, -0.2) is 31.3 Å². The number of oxazole rings is 1. The number of anilines is 1. The Morgan fingerprint density at radius 3 is 2.45 bits per heavy atom. The van der Waals surface area contributed by atoms with E-state index in [1.165, 1.54) is 0 Å². The third kappa shape index (κ3) is 4.42. The van der Waals surface area contributed by atoms with Crippen LogP contribution >= 0.6 is 0 Å². The zero-order chi connectivity index (χ0) is 16.3. The summed E-state index contributed by atoms with van der Waals surface area (Å²) >= 11 is 0. The van der Waals surface area contributed by atoms with Gasteiger partial charge in [-0.15, -0.1) is 0 Å². The van der Waals surface area contributed by atoms with Crippen LogP contribution in [0.5, 0.6) is 0 Å². The topological polar surface area (TPSA) is 89.3 Å². The first kappa shape index (κ1) is 16.2. The van der Waals surface area contributed by atoms with Crippen molar-refractivity contribution in [3.05, 3.63) is 36.4 Å². The Kier molecular flexibility index (Phi) is 4.65. The lowest BCUT2D eigenvalue weighted by Gasteiger charge is -2.11. The zero-order valence-corrected chi connectivity index (χ0v) is 13.5. The number of nitrogens with zero attached hydrogens (tertiary/aromatic N) is 1. The van der Waals surface area contributed by atoms with E-state index >= 15 is 0 Å². The average molecular weight is 322 g/mol. The molecule has 1 N–H and O–H groups in total. The molecule has 1 aromatic heterocycles. The number of sulfone groups is 1. The van der Waals surface area contributed by atoms with E-state index < -0.39 is 15.8 Å². The standard InChI is InChI=1S/C15H18N2O4S/c1-10(9-22(3,19)20)15(18)17-13-6-4-12(5-7-13)14-8-16-11(2)21-14/h4-8,10H,9H2,1-3H3,(H,17,18)/t10-/m0/s1. The smallest absolute Gasteiger partial charge is 0.228 e. The molecule has 118 valence electrons. The van der Waals surface area contributed by atoms with E-state index in [2.05, 4.69) is 10.3 Å². The quantitative estimate of drug-likeness (QED) is 0.912. The molecule has 0 aliphatic heterocycles. The van der Waals surface area contributed by atoms with E-state index in [-0.39, 0.29) is 11.7 Å². The maximum Gasteiger partial charge on any atom is 0.228 e. The van der Waals surface area contributed by atoms with Crippen LogP contribution in [0.25, 0.3) is 11.3 Å². The third-order valence-electron chi connectivity index (χ3n) is 3.06. The molecule has 7 heteroatoms. The maximum atomic E-state index is 11.9. The first-order chi connectivity index (χ1) is 10.2. The van der Waals surface area contributed by atoms with E-state index in [1.54, 1.807) is 44.3 Å². The maximum absolute atomic E-state index is 11.9. The number of aromatic nitrogens is 1. The minimum absolute atomic E-state index is 0.172. The molecule has 1 aromatic carbocycles. The molecule has 0 radical (unpaired) electrons. The van der Waals surface area contributed by atoms with Crippen LogP contribution in [0.3, 0.4) is 0 Å². The summed E-state index contributed by atoms with van der Waals surface area (Å²) in [4.78, 5) is 16.0. The van der Waals surface area contributed by atoms with Crippen LogP contribution < -0.4 is 5.32 Å². The Hall–Kier alpha value is -2.15. The first-order valence-corrected chi connectivity index (χ1v) is 8.82. The molecule has 1 atom stereocenters. The molecule has 1 heterocycles. The van der Waals surface area contributed by atoms with Crippen molar-refractivity contribution in [3.63, 3.8) is 0 Å². The van der Waals surface area contributed by atoms with Crippen molar-refractivity contribution in [2.45, 2.75) is 13.8 Å². The second-order valence-corrected chi connectivity index (χ2v) is 7.49. The second-order valence-electron chi connectivity index (χ2n) is 5.30. The van der Waals surface area contributed by atoms with Crippen molar-refractivity contribution in [1.29, 1.82) is 0 Å². The molecule has 1 amide bonds. The van der Waals surface area contributed by atoms with Gasteiger partial charge in [0.25, 0.3) is 0 Å². The zero-order valence-electron chi connectivity index (χ0n) is 12.7. The van der Waals surface area contributed by atoms with Crippen molar-refractivity contribution in [3.8, 4) is 11.3 Å². The average Bonchev–Trinajstić information content (AvgIpc) is 2.84. The summed E-state index contributed by atoms with van der Waals surface area (Å²) in [7, 11) is -3.18. The number of hydrogen-bond donors (Lipinski definition) is 1. The van der Waals surface area contributed by atoms with Crippen LogP contribution in [0, 0.1) is 12.8 Å². The molecule has 0 spiro atoms. The second kappa shape index (κ2) is 6.31. The van der Waals surface area contributed by atoms with Crippen LogP contribution in [0.2, 0.25) is 0 Å². The van der Waals surface area contributed by atoms with Gasteiger partial charge in [0.05, 0.1) is 11.9 Å². The minimum atomic E-state index is -3.18. The van der Waals surface area contributed by atoms with Gasteiger partial charge in [0.15, 0.2) is 11.7 Å². The molecule has 22 heavy (non-hydrogen) atoms. The molecule has 0 unspecified atom stereocenters. The summed E-state index contributed by atoms with van der Waals surface area (Å²) in [5.41, 5.74) is 1.45. The molecule has 2 rings (SSSR count). The number of nitrogens with one attached hydrogen (secondary N) is 1. The number of rotatable bonds is 5. The van der Waals surface area contributed by atoms with Crippen molar-refractivity contribution in [1.82, 2.24) is 4.98 Å². The third-order valence-corrected chi connectivity index (χ3v) is 4.16. The van der Waals surface area contributed by atoms with Crippen LogP contribution in [0.4, 0.5) is 5.69 Å². The molecule has 2 aromatic rings. The highest BCUT2D eigenvalue weighted by Gasteiger charge is 2.18. The molecule has 0 aliphatic rings. The van der Waals surface area contributed by atoms with Gasteiger partial charge < -0.3 is 9.73 Å². The Bertz CT molecular complexity index is 763. The van der Waals surface area contributed by atoms with Gasteiger partial charge in [0.2, 0.25) is 5.91 Å². The van der Waals surface area contributed by atoms with Crippen molar-refractivity contribution in [2.24, 2.45) is 5.92 Å². The van der Waals surface area contributed by atoms with Crippen LogP contribution in [0.1, 0.15) is 12.8 Å².